The highest BCUT2D eigenvalue weighted by atomic mass is 19.4. The van der Waals surface area contributed by atoms with Gasteiger partial charge in [-0.2, -0.15) is 13.2 Å². The summed E-state index contributed by atoms with van der Waals surface area (Å²) in [7, 11) is 0. The lowest BCUT2D eigenvalue weighted by Crippen LogP contribution is -2.13. The van der Waals surface area contributed by atoms with Crippen molar-refractivity contribution >= 4 is 0 Å². The Bertz CT molecular complexity index is 716. The number of rotatable bonds is 5. The first-order valence-corrected chi connectivity index (χ1v) is 11.8. The molecule has 0 saturated heterocycles. The van der Waals surface area contributed by atoms with Crippen LogP contribution >= 0.6 is 0 Å². The van der Waals surface area contributed by atoms with Crippen LogP contribution in [0.2, 0.25) is 0 Å². The summed E-state index contributed by atoms with van der Waals surface area (Å²) in [5.41, 5.74) is 0.468. The first kappa shape index (κ1) is 23.0. The first-order chi connectivity index (χ1) is 14.5. The third kappa shape index (κ3) is 6.93. The molecule has 164 valence electrons. The van der Waals surface area contributed by atoms with Gasteiger partial charge in [0.2, 0.25) is 0 Å². The van der Waals surface area contributed by atoms with E-state index >= 15 is 0 Å². The van der Waals surface area contributed by atoms with E-state index in [1.165, 1.54) is 57.1 Å². The van der Waals surface area contributed by atoms with Crippen molar-refractivity contribution in [3.05, 3.63) is 47.5 Å². The Morgan fingerprint density at radius 2 is 1.60 bits per heavy atom. The fraction of sp³-hybridized carbons (Fsp3) is 0.630. The molecule has 0 spiro atoms. The van der Waals surface area contributed by atoms with Crippen molar-refractivity contribution < 1.29 is 13.2 Å². The molecule has 1 aromatic rings. The van der Waals surface area contributed by atoms with Crippen LogP contribution in [0.25, 0.3) is 0 Å². The van der Waals surface area contributed by atoms with Gasteiger partial charge in [0.25, 0.3) is 0 Å². The van der Waals surface area contributed by atoms with Crippen LogP contribution in [-0.2, 0) is 6.18 Å². The number of unbranched alkanes of at least 4 members (excludes halogenated alkanes) is 1. The van der Waals surface area contributed by atoms with Crippen molar-refractivity contribution in [3.63, 3.8) is 0 Å². The Balaban J connectivity index is 1.39. The summed E-state index contributed by atoms with van der Waals surface area (Å²) in [6.07, 6.45) is 13.7. The molecule has 0 amide bonds. The molecule has 0 atom stereocenters. The minimum absolute atomic E-state index is 0.365. The van der Waals surface area contributed by atoms with E-state index < -0.39 is 11.7 Å². The number of hydrogen-bond donors (Lipinski definition) is 0. The normalized spacial score (nSPS) is 27.6. The third-order valence-corrected chi connectivity index (χ3v) is 7.03. The van der Waals surface area contributed by atoms with Crippen LogP contribution < -0.4 is 0 Å². The van der Waals surface area contributed by atoms with Crippen molar-refractivity contribution in [2.75, 3.05) is 0 Å². The second-order valence-corrected chi connectivity index (χ2v) is 9.24. The molecule has 30 heavy (non-hydrogen) atoms. The number of alkyl halides is 3. The van der Waals surface area contributed by atoms with E-state index in [-0.39, 0.29) is 0 Å². The maximum absolute atomic E-state index is 12.7. The van der Waals surface area contributed by atoms with Crippen molar-refractivity contribution in [2.45, 2.75) is 89.6 Å². The molecular weight excluding hydrogens is 381 g/mol. The van der Waals surface area contributed by atoms with Crippen molar-refractivity contribution in [1.29, 1.82) is 0 Å². The van der Waals surface area contributed by atoms with E-state index in [4.69, 9.17) is 0 Å². The van der Waals surface area contributed by atoms with E-state index in [2.05, 4.69) is 30.9 Å². The number of halogens is 3. The van der Waals surface area contributed by atoms with E-state index in [9.17, 15) is 13.2 Å². The summed E-state index contributed by atoms with van der Waals surface area (Å²) in [5, 5.41) is 0. The minimum Gasteiger partial charge on any atom is -0.166 e. The Labute approximate surface area is 180 Å². The van der Waals surface area contributed by atoms with Gasteiger partial charge < -0.3 is 0 Å². The van der Waals surface area contributed by atoms with Crippen molar-refractivity contribution in [1.82, 2.24) is 0 Å². The predicted molar refractivity (Wildman–Crippen MR) is 118 cm³/mol. The van der Waals surface area contributed by atoms with Gasteiger partial charge in [0, 0.05) is 5.92 Å². The zero-order valence-corrected chi connectivity index (χ0v) is 18.2. The molecule has 3 heteroatoms. The quantitative estimate of drug-likeness (QED) is 0.422. The lowest BCUT2D eigenvalue weighted by molar-refractivity contribution is -0.137. The van der Waals surface area contributed by atoms with Gasteiger partial charge in [-0.05, 0) is 92.9 Å². The van der Waals surface area contributed by atoms with E-state index in [0.29, 0.717) is 17.8 Å². The second-order valence-electron chi connectivity index (χ2n) is 9.24. The molecule has 0 radical (unpaired) electrons. The molecule has 0 heterocycles. The summed E-state index contributed by atoms with van der Waals surface area (Å²) in [6.45, 7) is 2.27. The fourth-order valence-electron chi connectivity index (χ4n) is 5.03. The largest absolute Gasteiger partial charge is 0.416 e. The number of benzene rings is 1. The Morgan fingerprint density at radius 3 is 2.20 bits per heavy atom. The molecule has 2 saturated carbocycles. The second kappa shape index (κ2) is 11.1. The summed E-state index contributed by atoms with van der Waals surface area (Å²) in [6, 6.07) is 5.73. The van der Waals surface area contributed by atoms with Crippen LogP contribution in [0.4, 0.5) is 13.2 Å². The standard InChI is InChI=1S/C27H35F3/c1-2-3-6-21-9-11-22(12-10-21)7-4-5-8-23-13-15-24(16-14-23)25-17-19-26(20-18-25)27(28,29)30/h4,7,17-24H,2-3,6,9-16H2,1H3/b7-4+. The monoisotopic (exact) mass is 416 g/mol. The van der Waals surface area contributed by atoms with E-state index in [0.717, 1.165) is 37.2 Å². The van der Waals surface area contributed by atoms with Crippen molar-refractivity contribution in [3.8, 4) is 11.8 Å². The predicted octanol–water partition coefficient (Wildman–Crippen LogP) is 8.54. The maximum atomic E-state index is 12.7. The number of allylic oxidation sites excluding steroid dienone is 2. The topological polar surface area (TPSA) is 0 Å². The molecular formula is C27H35F3. The van der Waals surface area contributed by atoms with Gasteiger partial charge in [-0.1, -0.05) is 56.2 Å². The summed E-state index contributed by atoms with van der Waals surface area (Å²) >= 11 is 0. The highest BCUT2D eigenvalue weighted by molar-refractivity contribution is 5.28. The van der Waals surface area contributed by atoms with Crippen LogP contribution in [0.1, 0.15) is 94.6 Å². The zero-order chi connectivity index (χ0) is 21.4. The zero-order valence-electron chi connectivity index (χ0n) is 18.2. The average molecular weight is 417 g/mol. The lowest BCUT2D eigenvalue weighted by Gasteiger charge is -2.26. The highest BCUT2D eigenvalue weighted by Gasteiger charge is 2.30. The molecule has 2 aliphatic carbocycles. The molecule has 0 unspecified atom stereocenters. The summed E-state index contributed by atoms with van der Waals surface area (Å²) in [4.78, 5) is 0. The Morgan fingerprint density at radius 1 is 0.933 bits per heavy atom. The van der Waals surface area contributed by atoms with Gasteiger partial charge in [0.1, 0.15) is 0 Å². The SMILES string of the molecule is CCCCC1CCC(/C=C/C#CC2CCC(c3ccc(C(F)(F)F)cc3)CC2)CC1. The van der Waals surface area contributed by atoms with Crippen LogP contribution in [0.5, 0.6) is 0 Å². The average Bonchev–Trinajstić information content (AvgIpc) is 2.76. The summed E-state index contributed by atoms with van der Waals surface area (Å²) in [5.74, 6) is 9.12. The third-order valence-electron chi connectivity index (χ3n) is 7.03. The molecule has 0 aliphatic heterocycles. The molecule has 0 bridgehead atoms. The molecule has 3 rings (SSSR count). The minimum atomic E-state index is -4.26. The lowest BCUT2D eigenvalue weighted by atomic mass is 9.78. The molecule has 2 fully saturated rings. The highest BCUT2D eigenvalue weighted by Crippen LogP contribution is 2.37. The van der Waals surface area contributed by atoms with Gasteiger partial charge in [-0.15, -0.1) is 0 Å². The van der Waals surface area contributed by atoms with Crippen LogP contribution in [0.15, 0.2) is 36.4 Å². The molecule has 1 aromatic carbocycles. The molecule has 0 nitrogen and oxygen atoms in total. The van der Waals surface area contributed by atoms with Gasteiger partial charge >= 0.3 is 6.18 Å². The van der Waals surface area contributed by atoms with E-state index in [1.54, 1.807) is 12.1 Å². The number of hydrogen-bond acceptors (Lipinski definition) is 0. The first-order valence-electron chi connectivity index (χ1n) is 11.8. The van der Waals surface area contributed by atoms with E-state index in [1.807, 2.05) is 0 Å². The smallest absolute Gasteiger partial charge is 0.166 e. The molecule has 2 aliphatic rings. The molecule has 0 aromatic heterocycles. The van der Waals surface area contributed by atoms with Crippen LogP contribution in [-0.4, -0.2) is 0 Å². The van der Waals surface area contributed by atoms with Gasteiger partial charge in [0.15, 0.2) is 0 Å². The maximum Gasteiger partial charge on any atom is 0.416 e. The Hall–Kier alpha value is -1.69. The fourth-order valence-corrected chi connectivity index (χ4v) is 5.03. The Kier molecular flexibility index (Phi) is 8.49. The molecule has 0 N–H and O–H groups in total. The summed E-state index contributed by atoms with van der Waals surface area (Å²) < 4.78 is 38.2. The van der Waals surface area contributed by atoms with Crippen molar-refractivity contribution in [2.24, 2.45) is 17.8 Å². The van der Waals surface area contributed by atoms with Gasteiger partial charge in [0.05, 0.1) is 5.56 Å². The van der Waals surface area contributed by atoms with Gasteiger partial charge in [-0.25, -0.2) is 0 Å². The van der Waals surface area contributed by atoms with Crippen LogP contribution in [0.3, 0.4) is 0 Å². The van der Waals surface area contributed by atoms with Gasteiger partial charge in [-0.3, -0.25) is 0 Å². The van der Waals surface area contributed by atoms with Crippen LogP contribution in [0, 0.1) is 29.6 Å².